The maximum atomic E-state index is 12.5. The van der Waals surface area contributed by atoms with E-state index in [9.17, 15) is 9.90 Å². The van der Waals surface area contributed by atoms with Gasteiger partial charge in [-0.2, -0.15) is 0 Å². The third kappa shape index (κ3) is 2.94. The summed E-state index contributed by atoms with van der Waals surface area (Å²) in [5, 5.41) is 10.9. The molecule has 204 valence electrons. The average Bonchev–Trinajstić information content (AvgIpc) is 3.39. The topological polar surface area (TPSA) is 53.0 Å². The van der Waals surface area contributed by atoms with Crippen LogP contribution >= 0.6 is 0 Å². The average molecular weight is 501 g/mol. The Balaban J connectivity index is 1.26. The molecule has 2 spiro atoms. The van der Waals surface area contributed by atoms with E-state index in [4.69, 9.17) is 4.74 Å². The zero-order chi connectivity index (χ0) is 26.1. The van der Waals surface area contributed by atoms with Gasteiger partial charge in [-0.15, -0.1) is 0 Å². The van der Waals surface area contributed by atoms with E-state index in [2.05, 4.69) is 34.6 Å². The summed E-state index contributed by atoms with van der Waals surface area (Å²) in [6.07, 6.45) is 11.6. The van der Waals surface area contributed by atoms with Crippen LogP contribution in [0.15, 0.2) is 0 Å². The first-order chi connectivity index (χ1) is 16.7. The van der Waals surface area contributed by atoms with Crippen molar-refractivity contribution >= 4 is 6.03 Å². The number of likely N-dealkylation sites (N-methyl/N-ethyl adjacent to an activating group) is 1. The summed E-state index contributed by atoms with van der Waals surface area (Å²) in [6.45, 7) is 13.2. The number of nitrogens with zero attached hydrogens (tertiary/aromatic N) is 2. The van der Waals surface area contributed by atoms with Gasteiger partial charge >= 0.3 is 6.03 Å². The van der Waals surface area contributed by atoms with Crippen LogP contribution in [0.25, 0.3) is 0 Å². The van der Waals surface area contributed by atoms with Crippen molar-refractivity contribution < 1.29 is 14.6 Å². The van der Waals surface area contributed by atoms with Crippen molar-refractivity contribution in [3.63, 3.8) is 0 Å². The molecule has 0 aromatic rings. The predicted molar refractivity (Wildman–Crippen MR) is 142 cm³/mol. The van der Waals surface area contributed by atoms with Crippen LogP contribution in [0.4, 0.5) is 4.79 Å². The van der Waals surface area contributed by atoms with Crippen molar-refractivity contribution in [1.82, 2.24) is 9.80 Å². The highest BCUT2D eigenvalue weighted by molar-refractivity contribution is 5.73. The number of aliphatic hydroxyl groups is 1. The number of rotatable bonds is 2. The number of aliphatic hydroxyl groups excluding tert-OH is 1. The van der Waals surface area contributed by atoms with Gasteiger partial charge in [-0.1, -0.05) is 34.6 Å². The van der Waals surface area contributed by atoms with Crippen molar-refractivity contribution in [3.8, 4) is 0 Å². The molecule has 11 atom stereocenters. The fourth-order valence-corrected chi connectivity index (χ4v) is 12.3. The fourth-order valence-electron chi connectivity index (χ4n) is 12.3. The number of hydrogen-bond donors (Lipinski definition) is 1. The summed E-state index contributed by atoms with van der Waals surface area (Å²) in [7, 11) is 5.56. The molecule has 1 heterocycles. The molecule has 0 aromatic heterocycles. The van der Waals surface area contributed by atoms with Crippen molar-refractivity contribution in [2.24, 2.45) is 50.7 Å². The lowest BCUT2D eigenvalue weighted by molar-refractivity contribution is -0.166. The van der Waals surface area contributed by atoms with Gasteiger partial charge in [-0.25, -0.2) is 4.79 Å². The van der Waals surface area contributed by atoms with E-state index in [0.29, 0.717) is 52.1 Å². The maximum Gasteiger partial charge on any atom is 0.319 e. The molecule has 2 amide bonds. The Morgan fingerprint density at radius 2 is 1.61 bits per heavy atom. The molecule has 5 nitrogen and oxygen atoms in total. The second-order valence-electron chi connectivity index (χ2n) is 15.7. The molecule has 0 radical (unpaired) electrons. The van der Waals surface area contributed by atoms with Crippen LogP contribution in [0.1, 0.15) is 92.4 Å². The number of fused-ring (bicyclic) bond motifs is 4. The van der Waals surface area contributed by atoms with E-state index in [0.717, 1.165) is 18.8 Å². The second kappa shape index (κ2) is 7.64. The summed E-state index contributed by atoms with van der Waals surface area (Å²) in [6, 6.07) is 0.0608. The Morgan fingerprint density at radius 1 is 0.944 bits per heavy atom. The van der Waals surface area contributed by atoms with Gasteiger partial charge in [0.15, 0.2) is 0 Å². The molecule has 6 rings (SSSR count). The minimum Gasteiger partial charge on any atom is -0.393 e. The Kier molecular flexibility index (Phi) is 5.41. The summed E-state index contributed by atoms with van der Waals surface area (Å²) in [5.74, 6) is 2.74. The molecule has 1 saturated heterocycles. The summed E-state index contributed by atoms with van der Waals surface area (Å²) in [4.78, 5) is 16.0. The Bertz CT molecular complexity index is 935. The number of urea groups is 1. The van der Waals surface area contributed by atoms with Crippen LogP contribution in [-0.2, 0) is 4.74 Å². The first kappa shape index (κ1) is 25.5. The molecular weight excluding hydrogens is 448 g/mol. The first-order valence-electron chi connectivity index (χ1n) is 15.0. The van der Waals surface area contributed by atoms with E-state index in [-0.39, 0.29) is 23.7 Å². The number of carbonyl (C=O) groups is 1. The van der Waals surface area contributed by atoms with E-state index in [1.807, 2.05) is 26.0 Å². The van der Waals surface area contributed by atoms with Crippen molar-refractivity contribution in [2.75, 3.05) is 27.7 Å². The molecule has 5 aliphatic carbocycles. The van der Waals surface area contributed by atoms with Crippen LogP contribution < -0.4 is 0 Å². The molecule has 5 saturated carbocycles. The lowest BCUT2D eigenvalue weighted by Gasteiger charge is -2.63. The minimum atomic E-state index is -0.134. The van der Waals surface area contributed by atoms with Gasteiger partial charge in [0.2, 0.25) is 0 Å². The van der Waals surface area contributed by atoms with Crippen molar-refractivity contribution in [1.29, 1.82) is 0 Å². The molecule has 36 heavy (non-hydrogen) atoms. The summed E-state index contributed by atoms with van der Waals surface area (Å²) >= 11 is 0. The van der Waals surface area contributed by atoms with Gasteiger partial charge in [0.05, 0.1) is 18.3 Å². The van der Waals surface area contributed by atoms with Gasteiger partial charge in [-0.05, 0) is 109 Å². The van der Waals surface area contributed by atoms with E-state index < -0.39 is 0 Å². The van der Waals surface area contributed by atoms with Gasteiger partial charge in [-0.3, -0.25) is 0 Å². The smallest absolute Gasteiger partial charge is 0.319 e. The molecule has 6 unspecified atom stereocenters. The highest BCUT2D eigenvalue weighted by atomic mass is 16.5. The highest BCUT2D eigenvalue weighted by Gasteiger charge is 2.83. The Morgan fingerprint density at radius 3 is 2.31 bits per heavy atom. The summed E-state index contributed by atoms with van der Waals surface area (Å²) < 4.78 is 6.94. The van der Waals surface area contributed by atoms with Gasteiger partial charge in [0.25, 0.3) is 0 Å². The summed E-state index contributed by atoms with van der Waals surface area (Å²) in [5.41, 5.74) is 1.71. The lowest BCUT2D eigenvalue weighted by atomic mass is 9.41. The Labute approximate surface area is 219 Å². The number of amides is 2. The molecule has 0 bridgehead atoms. The number of carbonyl (C=O) groups excluding carboxylic acids is 1. The van der Waals surface area contributed by atoms with E-state index in [1.165, 1.54) is 44.9 Å². The molecular formula is C31H52N2O3. The van der Waals surface area contributed by atoms with Gasteiger partial charge in [0, 0.05) is 27.7 Å². The molecule has 0 aromatic carbocycles. The third-order valence-corrected chi connectivity index (χ3v) is 13.9. The zero-order valence-corrected chi connectivity index (χ0v) is 24.3. The van der Waals surface area contributed by atoms with Crippen LogP contribution in [0.2, 0.25) is 0 Å². The van der Waals surface area contributed by atoms with Crippen LogP contribution in [0.3, 0.4) is 0 Å². The van der Waals surface area contributed by atoms with Gasteiger partial charge in [0.1, 0.15) is 0 Å². The fraction of sp³-hybridized carbons (Fsp3) is 0.968. The second-order valence-corrected chi connectivity index (χ2v) is 15.7. The first-order valence-corrected chi connectivity index (χ1v) is 15.0. The monoisotopic (exact) mass is 500 g/mol. The number of hydrogen-bond acceptors (Lipinski definition) is 3. The number of ether oxygens (including phenoxy) is 1. The molecule has 1 aliphatic heterocycles. The van der Waals surface area contributed by atoms with Crippen molar-refractivity contribution in [3.05, 3.63) is 0 Å². The van der Waals surface area contributed by atoms with Crippen LogP contribution in [-0.4, -0.2) is 66.9 Å². The quantitative estimate of drug-likeness (QED) is 0.521. The van der Waals surface area contributed by atoms with Crippen LogP contribution in [0, 0.1) is 50.7 Å². The van der Waals surface area contributed by atoms with Gasteiger partial charge < -0.3 is 19.6 Å². The van der Waals surface area contributed by atoms with E-state index in [1.54, 1.807) is 4.90 Å². The largest absolute Gasteiger partial charge is 0.393 e. The normalized spacial score (nSPS) is 54.3. The molecule has 5 heteroatoms. The van der Waals surface area contributed by atoms with E-state index >= 15 is 0 Å². The molecule has 1 N–H and O–H groups in total. The van der Waals surface area contributed by atoms with Crippen molar-refractivity contribution in [2.45, 2.75) is 111 Å². The zero-order valence-electron chi connectivity index (χ0n) is 24.3. The molecule has 6 aliphatic rings. The lowest BCUT2D eigenvalue weighted by Crippen LogP contribution is -2.58. The SMILES string of the molecule is C[C@@H]1CC(CN(C)C(=O)N(C)C)OC2C[C@@]3(C)C4CCC5C(C)(C)[C@@H](O)CC[C@@]56CC46CC[C@]3(C)C21. The van der Waals surface area contributed by atoms with Crippen LogP contribution in [0.5, 0.6) is 0 Å². The standard InChI is InChI=1S/C31H52N2O3/c1-19-15-20(17-33(8)26(35)32(6)7)36-21-16-29(5)23-10-9-22-27(2,3)24(34)11-12-30(22)18-31(23,30)14-13-28(29,4)25(19)21/h19-25,34H,9-18H2,1-8H3/t19-,20?,21?,22?,23?,24+,25?,28-,29+,30-,31?/m1/s1. The molecule has 6 fully saturated rings. The predicted octanol–water partition coefficient (Wildman–Crippen LogP) is 5.80. The Hall–Kier alpha value is -0.810. The minimum absolute atomic E-state index is 0.0545. The third-order valence-electron chi connectivity index (χ3n) is 13.9. The highest BCUT2D eigenvalue weighted by Crippen LogP contribution is 2.89. The maximum absolute atomic E-state index is 12.5.